The van der Waals surface area contributed by atoms with Crippen molar-refractivity contribution in [1.29, 1.82) is 0 Å². The average molecular weight is 376 g/mol. The Morgan fingerprint density at radius 2 is 2.04 bits per heavy atom. The maximum atomic E-state index is 13.0. The number of ether oxygens (including phenoxy) is 1. The van der Waals surface area contributed by atoms with Crippen molar-refractivity contribution in [3.8, 4) is 0 Å². The fourth-order valence-electron chi connectivity index (χ4n) is 3.49. The third kappa shape index (κ3) is 3.22. The van der Waals surface area contributed by atoms with Crippen LogP contribution in [0.2, 0.25) is 0 Å². The summed E-state index contributed by atoms with van der Waals surface area (Å²) in [6.45, 7) is 6.39. The van der Waals surface area contributed by atoms with E-state index in [2.05, 4.69) is 11.9 Å². The first-order valence-electron chi connectivity index (χ1n) is 9.35. The van der Waals surface area contributed by atoms with Crippen LogP contribution in [0.15, 0.2) is 11.2 Å². The molecule has 146 valence electrons. The molecule has 0 bridgehead atoms. The van der Waals surface area contributed by atoms with Crippen LogP contribution >= 0.6 is 0 Å². The van der Waals surface area contributed by atoms with Gasteiger partial charge in [0.2, 0.25) is 11.9 Å². The number of amides is 3. The molecule has 3 rings (SSSR count). The Balaban J connectivity index is 1.92. The lowest BCUT2D eigenvalue weighted by atomic mass is 10.1. The van der Waals surface area contributed by atoms with Gasteiger partial charge in [0.05, 0.1) is 6.61 Å². The quantitative estimate of drug-likeness (QED) is 0.408. The number of amidine groups is 1. The molecule has 3 amide bonds. The van der Waals surface area contributed by atoms with E-state index < -0.39 is 6.04 Å². The second-order valence-electron chi connectivity index (χ2n) is 6.78. The zero-order valence-corrected chi connectivity index (χ0v) is 16.3. The number of esters is 1. The maximum Gasteiger partial charge on any atom is 0.402 e. The predicted octanol–water partition coefficient (Wildman–Crippen LogP) is 1.32. The Hall–Kier alpha value is -2.71. The molecule has 1 saturated heterocycles. The Morgan fingerprint density at radius 1 is 1.30 bits per heavy atom. The van der Waals surface area contributed by atoms with Crippen molar-refractivity contribution in [2.75, 3.05) is 20.2 Å². The molecule has 9 heteroatoms. The number of carbonyl (C=O) groups is 3. The van der Waals surface area contributed by atoms with Crippen molar-refractivity contribution in [3.05, 3.63) is 11.9 Å². The molecule has 3 heterocycles. The second kappa shape index (κ2) is 7.50. The van der Waals surface area contributed by atoms with Crippen LogP contribution in [-0.4, -0.2) is 58.3 Å². The number of rotatable bonds is 7. The highest BCUT2D eigenvalue weighted by Gasteiger charge is 2.53. The molecular formula is C18H26N5O4+. The molecule has 0 aliphatic carbocycles. The molecule has 1 aromatic heterocycles. The standard InChI is InChI=1S/C18H26N5O4/c1-5-7-8-9-21-16(25)14-15(20(4)18(21)26)19-17-22(11-13(24)27-6-2)12(3)10-23(14)17/h10,14H,5-9,11H2,1-4H3/q+1. The van der Waals surface area contributed by atoms with E-state index in [-0.39, 0.29) is 24.5 Å². The average Bonchev–Trinajstić information content (AvgIpc) is 3.13. The van der Waals surface area contributed by atoms with Gasteiger partial charge < -0.3 is 4.74 Å². The Morgan fingerprint density at radius 3 is 2.70 bits per heavy atom. The fraction of sp³-hybridized carbons (Fsp3) is 0.611. The molecule has 1 unspecified atom stereocenters. The number of aliphatic imine (C=N–C) groups is 1. The molecular weight excluding hydrogens is 350 g/mol. The third-order valence-electron chi connectivity index (χ3n) is 4.90. The summed E-state index contributed by atoms with van der Waals surface area (Å²) in [4.78, 5) is 44.8. The van der Waals surface area contributed by atoms with Crippen molar-refractivity contribution in [1.82, 2.24) is 14.4 Å². The van der Waals surface area contributed by atoms with Crippen LogP contribution in [0, 0.1) is 6.92 Å². The molecule has 0 spiro atoms. The number of hydrogen-bond donors (Lipinski definition) is 0. The molecule has 27 heavy (non-hydrogen) atoms. The second-order valence-corrected chi connectivity index (χ2v) is 6.78. The lowest BCUT2D eigenvalue weighted by Gasteiger charge is -2.33. The summed E-state index contributed by atoms with van der Waals surface area (Å²) in [6, 6.07) is -1.03. The van der Waals surface area contributed by atoms with E-state index in [1.165, 1.54) is 9.80 Å². The number of aromatic nitrogens is 2. The SMILES string of the molecule is CCCCCN1C(=O)C2C(=Nc3n(CC(=O)OCC)c(C)c[n+]32)N(C)C1=O. The number of carbonyl (C=O) groups excluding carboxylic acids is 3. The van der Waals surface area contributed by atoms with E-state index in [0.29, 0.717) is 24.9 Å². The Kier molecular flexibility index (Phi) is 5.29. The fourth-order valence-corrected chi connectivity index (χ4v) is 3.49. The van der Waals surface area contributed by atoms with Gasteiger partial charge in [-0.2, -0.15) is 0 Å². The number of nitrogens with zero attached hydrogens (tertiary/aromatic N) is 5. The molecule has 0 radical (unpaired) electrons. The van der Waals surface area contributed by atoms with Gasteiger partial charge in [0.1, 0.15) is 11.9 Å². The molecule has 1 aromatic rings. The van der Waals surface area contributed by atoms with Crippen LogP contribution < -0.4 is 4.57 Å². The van der Waals surface area contributed by atoms with E-state index >= 15 is 0 Å². The van der Waals surface area contributed by atoms with Gasteiger partial charge in [0, 0.05) is 13.6 Å². The van der Waals surface area contributed by atoms with Crippen LogP contribution in [0.4, 0.5) is 10.7 Å². The zero-order valence-electron chi connectivity index (χ0n) is 16.3. The van der Waals surface area contributed by atoms with Gasteiger partial charge >= 0.3 is 17.9 Å². The lowest BCUT2D eigenvalue weighted by molar-refractivity contribution is -0.677. The lowest BCUT2D eigenvalue weighted by Crippen LogP contribution is -2.62. The Bertz CT molecular complexity index is 813. The molecule has 0 saturated carbocycles. The summed E-state index contributed by atoms with van der Waals surface area (Å²) < 4.78 is 8.47. The van der Waals surface area contributed by atoms with E-state index in [1.54, 1.807) is 29.3 Å². The minimum Gasteiger partial charge on any atom is -0.464 e. The molecule has 2 aliphatic heterocycles. The number of hydrogen-bond acceptors (Lipinski definition) is 5. The third-order valence-corrected chi connectivity index (χ3v) is 4.90. The van der Waals surface area contributed by atoms with Gasteiger partial charge in [-0.15, -0.1) is 0 Å². The van der Waals surface area contributed by atoms with E-state index in [9.17, 15) is 14.4 Å². The summed E-state index contributed by atoms with van der Waals surface area (Å²) >= 11 is 0. The molecule has 9 nitrogen and oxygen atoms in total. The summed E-state index contributed by atoms with van der Waals surface area (Å²) in [5.41, 5.74) is 0.797. The zero-order chi connectivity index (χ0) is 19.7. The molecule has 1 fully saturated rings. The maximum absolute atomic E-state index is 13.0. The monoisotopic (exact) mass is 376 g/mol. The minimum atomic E-state index is -0.675. The number of aryl methyl sites for hydroxylation is 1. The van der Waals surface area contributed by atoms with E-state index in [0.717, 1.165) is 25.0 Å². The number of imidazole rings is 1. The van der Waals surface area contributed by atoms with Gasteiger partial charge in [-0.3, -0.25) is 14.6 Å². The van der Waals surface area contributed by atoms with Crippen molar-refractivity contribution in [3.63, 3.8) is 0 Å². The van der Waals surface area contributed by atoms with Crippen LogP contribution in [0.25, 0.3) is 0 Å². The highest BCUT2D eigenvalue weighted by molar-refractivity contribution is 6.19. The minimum absolute atomic E-state index is 0.0115. The molecule has 0 N–H and O–H groups in total. The summed E-state index contributed by atoms with van der Waals surface area (Å²) in [7, 11) is 1.63. The summed E-state index contributed by atoms with van der Waals surface area (Å²) in [5.74, 6) is 0.227. The summed E-state index contributed by atoms with van der Waals surface area (Å²) in [6.07, 6.45) is 4.54. The number of unbranched alkanes of at least 4 members (excludes halogenated alkanes) is 2. The molecule has 2 aliphatic rings. The van der Waals surface area contributed by atoms with Crippen LogP contribution in [0.1, 0.15) is 44.8 Å². The number of likely N-dealkylation sites (N-methyl/N-ethyl adjacent to an activating group) is 1. The van der Waals surface area contributed by atoms with Crippen molar-refractivity contribution in [2.24, 2.45) is 4.99 Å². The number of fused-ring (bicyclic) bond motifs is 3. The van der Waals surface area contributed by atoms with E-state index in [4.69, 9.17) is 4.74 Å². The van der Waals surface area contributed by atoms with Gasteiger partial charge in [-0.25, -0.2) is 18.7 Å². The van der Waals surface area contributed by atoms with Gasteiger partial charge in [0.25, 0.3) is 5.91 Å². The van der Waals surface area contributed by atoms with Crippen LogP contribution in [-0.2, 0) is 20.9 Å². The molecule has 1 atom stereocenters. The highest BCUT2D eigenvalue weighted by atomic mass is 16.5. The van der Waals surface area contributed by atoms with Crippen molar-refractivity contribution in [2.45, 2.75) is 52.6 Å². The molecule has 0 aromatic carbocycles. The number of imide groups is 1. The van der Waals surface area contributed by atoms with Gasteiger partial charge in [0.15, 0.2) is 6.54 Å². The van der Waals surface area contributed by atoms with E-state index in [1.807, 2.05) is 6.92 Å². The first kappa shape index (κ1) is 19.1. The van der Waals surface area contributed by atoms with Gasteiger partial charge in [-0.05, 0) is 20.3 Å². The van der Waals surface area contributed by atoms with Crippen LogP contribution in [0.5, 0.6) is 0 Å². The van der Waals surface area contributed by atoms with Crippen LogP contribution in [0.3, 0.4) is 0 Å². The highest BCUT2D eigenvalue weighted by Crippen LogP contribution is 2.29. The number of urea groups is 1. The first-order valence-corrected chi connectivity index (χ1v) is 9.35. The Labute approximate surface area is 158 Å². The largest absolute Gasteiger partial charge is 0.464 e. The van der Waals surface area contributed by atoms with Crippen molar-refractivity contribution >= 4 is 29.7 Å². The smallest absolute Gasteiger partial charge is 0.402 e. The normalized spacial score (nSPS) is 18.5. The topological polar surface area (TPSA) is 88.1 Å². The van der Waals surface area contributed by atoms with Crippen molar-refractivity contribution < 1.29 is 23.7 Å². The predicted molar refractivity (Wildman–Crippen MR) is 96.5 cm³/mol. The van der Waals surface area contributed by atoms with Gasteiger partial charge in [-0.1, -0.05) is 24.8 Å². The first-order chi connectivity index (χ1) is 12.9. The summed E-state index contributed by atoms with van der Waals surface area (Å²) in [5, 5.41) is 0.